The summed E-state index contributed by atoms with van der Waals surface area (Å²) in [5.41, 5.74) is 0.789. The van der Waals surface area contributed by atoms with Gasteiger partial charge in [0.2, 0.25) is 0 Å². The predicted molar refractivity (Wildman–Crippen MR) is 74.9 cm³/mol. The fourth-order valence-electron chi connectivity index (χ4n) is 2.17. The summed E-state index contributed by atoms with van der Waals surface area (Å²) in [5, 5.41) is 3.46. The highest BCUT2D eigenvalue weighted by Gasteiger charge is 2.20. The monoisotopic (exact) mass is 332 g/mol. The SMILES string of the molecule is CCOC(=O)c1sc(Br)nc1CNC1CCCC1. The number of nitrogens with zero attached hydrogens (tertiary/aromatic N) is 1. The zero-order valence-corrected chi connectivity index (χ0v) is 12.8. The van der Waals surface area contributed by atoms with E-state index in [2.05, 4.69) is 26.2 Å². The average Bonchev–Trinajstić information content (AvgIpc) is 2.95. The number of nitrogens with one attached hydrogen (secondary N) is 1. The number of thiazole rings is 1. The standard InChI is InChI=1S/C12H17BrN2O2S/c1-2-17-11(16)10-9(15-12(13)18-10)7-14-8-5-3-4-6-8/h8,14H,2-7H2,1H3. The number of carbonyl (C=O) groups excluding carboxylic acids is 1. The van der Waals surface area contributed by atoms with E-state index in [0.717, 1.165) is 9.61 Å². The Morgan fingerprint density at radius 1 is 1.56 bits per heavy atom. The predicted octanol–water partition coefficient (Wildman–Crippen LogP) is 3.11. The van der Waals surface area contributed by atoms with Crippen LogP contribution in [0, 0.1) is 0 Å². The molecule has 0 unspecified atom stereocenters. The zero-order chi connectivity index (χ0) is 13.0. The minimum absolute atomic E-state index is 0.274. The zero-order valence-electron chi connectivity index (χ0n) is 10.4. The first kappa shape index (κ1) is 14.0. The molecule has 6 heteroatoms. The summed E-state index contributed by atoms with van der Waals surface area (Å²) in [6.45, 7) is 2.84. The maximum atomic E-state index is 11.8. The van der Waals surface area contributed by atoms with E-state index in [1.165, 1.54) is 37.0 Å². The van der Waals surface area contributed by atoms with Crippen LogP contribution in [0.4, 0.5) is 0 Å². The molecule has 2 rings (SSSR count). The minimum atomic E-state index is -0.274. The average molecular weight is 333 g/mol. The van der Waals surface area contributed by atoms with Crippen LogP contribution in [0.2, 0.25) is 0 Å². The number of hydrogen-bond acceptors (Lipinski definition) is 5. The van der Waals surface area contributed by atoms with Gasteiger partial charge >= 0.3 is 5.97 Å². The lowest BCUT2D eigenvalue weighted by Crippen LogP contribution is -2.26. The Balaban J connectivity index is 1.99. The quantitative estimate of drug-likeness (QED) is 0.841. The number of esters is 1. The molecule has 1 fully saturated rings. The molecule has 1 aromatic rings. The highest BCUT2D eigenvalue weighted by atomic mass is 79.9. The largest absolute Gasteiger partial charge is 0.462 e. The Morgan fingerprint density at radius 3 is 2.94 bits per heavy atom. The second kappa shape index (κ2) is 6.63. The van der Waals surface area contributed by atoms with Crippen LogP contribution in [0.15, 0.2) is 3.92 Å². The lowest BCUT2D eigenvalue weighted by atomic mass is 10.2. The highest BCUT2D eigenvalue weighted by Crippen LogP contribution is 2.25. The van der Waals surface area contributed by atoms with Gasteiger partial charge in [0.15, 0.2) is 3.92 Å². The summed E-state index contributed by atoms with van der Waals surface area (Å²) in [5.74, 6) is -0.274. The molecule has 0 spiro atoms. The molecule has 4 nitrogen and oxygen atoms in total. The van der Waals surface area contributed by atoms with Crippen LogP contribution in [0.5, 0.6) is 0 Å². The van der Waals surface area contributed by atoms with Crippen LogP contribution < -0.4 is 5.32 Å². The van der Waals surface area contributed by atoms with Crippen molar-refractivity contribution in [2.24, 2.45) is 0 Å². The van der Waals surface area contributed by atoms with Crippen molar-refractivity contribution in [2.45, 2.75) is 45.2 Å². The van der Waals surface area contributed by atoms with E-state index in [0.29, 0.717) is 24.1 Å². The molecule has 1 saturated carbocycles. The third kappa shape index (κ3) is 3.52. The lowest BCUT2D eigenvalue weighted by molar-refractivity contribution is 0.0530. The summed E-state index contributed by atoms with van der Waals surface area (Å²) in [6, 6.07) is 0.570. The molecule has 1 heterocycles. The van der Waals surface area contributed by atoms with Gasteiger partial charge in [0.25, 0.3) is 0 Å². The van der Waals surface area contributed by atoms with Crippen LogP contribution in [0.25, 0.3) is 0 Å². The van der Waals surface area contributed by atoms with E-state index in [9.17, 15) is 4.79 Å². The summed E-state index contributed by atoms with van der Waals surface area (Å²) >= 11 is 4.66. The second-order valence-corrected chi connectivity index (χ2v) is 6.60. The van der Waals surface area contributed by atoms with Crippen molar-refractivity contribution < 1.29 is 9.53 Å². The summed E-state index contributed by atoms with van der Waals surface area (Å²) < 4.78 is 5.77. The maximum Gasteiger partial charge on any atom is 0.350 e. The van der Waals surface area contributed by atoms with Gasteiger partial charge < -0.3 is 10.1 Å². The molecule has 1 aliphatic carbocycles. The van der Waals surface area contributed by atoms with Crippen molar-refractivity contribution in [1.82, 2.24) is 10.3 Å². The van der Waals surface area contributed by atoms with Crippen molar-refractivity contribution in [2.75, 3.05) is 6.61 Å². The first-order valence-corrected chi connectivity index (χ1v) is 7.87. The summed E-state index contributed by atoms with van der Waals surface area (Å²) in [7, 11) is 0. The van der Waals surface area contributed by atoms with Gasteiger partial charge in [-0.3, -0.25) is 0 Å². The van der Waals surface area contributed by atoms with Crippen LogP contribution >= 0.6 is 27.3 Å². The maximum absolute atomic E-state index is 11.8. The molecule has 0 aliphatic heterocycles. The number of halogens is 1. The van der Waals surface area contributed by atoms with Crippen molar-refractivity contribution in [3.05, 3.63) is 14.5 Å². The van der Waals surface area contributed by atoms with Crippen molar-refractivity contribution in [1.29, 1.82) is 0 Å². The number of ether oxygens (including phenoxy) is 1. The van der Waals surface area contributed by atoms with Gasteiger partial charge in [-0.2, -0.15) is 0 Å². The molecule has 18 heavy (non-hydrogen) atoms. The molecule has 0 bridgehead atoms. The lowest BCUT2D eigenvalue weighted by Gasteiger charge is -2.10. The molecule has 0 atom stereocenters. The Kier molecular flexibility index (Phi) is 5.14. The molecule has 1 N–H and O–H groups in total. The molecule has 0 radical (unpaired) electrons. The Labute approximate surface area is 119 Å². The van der Waals surface area contributed by atoms with Gasteiger partial charge in [-0.05, 0) is 35.7 Å². The van der Waals surface area contributed by atoms with E-state index < -0.39 is 0 Å². The van der Waals surface area contributed by atoms with E-state index in [1.54, 1.807) is 0 Å². The third-order valence-electron chi connectivity index (χ3n) is 3.05. The normalized spacial score (nSPS) is 16.1. The number of hydrogen-bond donors (Lipinski definition) is 1. The van der Waals surface area contributed by atoms with E-state index in [4.69, 9.17) is 4.74 Å². The van der Waals surface area contributed by atoms with Gasteiger partial charge in [-0.15, -0.1) is 0 Å². The van der Waals surface area contributed by atoms with E-state index >= 15 is 0 Å². The van der Waals surface area contributed by atoms with Gasteiger partial charge in [0.1, 0.15) is 4.88 Å². The first-order valence-electron chi connectivity index (χ1n) is 6.26. The molecule has 0 saturated heterocycles. The van der Waals surface area contributed by atoms with Crippen LogP contribution in [0.1, 0.15) is 48.0 Å². The number of aromatic nitrogens is 1. The number of carbonyl (C=O) groups is 1. The van der Waals surface area contributed by atoms with Gasteiger partial charge in [-0.25, -0.2) is 9.78 Å². The van der Waals surface area contributed by atoms with Gasteiger partial charge in [0.05, 0.1) is 12.3 Å². The Hall–Kier alpha value is -0.460. The van der Waals surface area contributed by atoms with Crippen molar-refractivity contribution in [3.8, 4) is 0 Å². The molecule has 0 amide bonds. The smallest absolute Gasteiger partial charge is 0.350 e. The van der Waals surface area contributed by atoms with Crippen molar-refractivity contribution >= 4 is 33.2 Å². The minimum Gasteiger partial charge on any atom is -0.462 e. The molecular weight excluding hydrogens is 316 g/mol. The molecule has 1 aliphatic rings. The second-order valence-electron chi connectivity index (χ2n) is 4.33. The van der Waals surface area contributed by atoms with E-state index in [1.807, 2.05) is 6.92 Å². The van der Waals surface area contributed by atoms with Crippen molar-refractivity contribution in [3.63, 3.8) is 0 Å². The molecular formula is C12H17BrN2O2S. The Morgan fingerprint density at radius 2 is 2.28 bits per heavy atom. The summed E-state index contributed by atoms with van der Waals surface area (Å²) in [6.07, 6.45) is 5.03. The van der Waals surface area contributed by atoms with E-state index in [-0.39, 0.29) is 5.97 Å². The molecule has 0 aromatic carbocycles. The molecule has 1 aromatic heterocycles. The Bertz CT molecular complexity index is 416. The van der Waals surface area contributed by atoms with Gasteiger partial charge in [0, 0.05) is 12.6 Å². The number of rotatable bonds is 5. The third-order valence-corrected chi connectivity index (χ3v) is 4.57. The van der Waals surface area contributed by atoms with Crippen LogP contribution in [-0.2, 0) is 11.3 Å². The summed E-state index contributed by atoms with van der Waals surface area (Å²) in [4.78, 5) is 16.7. The van der Waals surface area contributed by atoms with Crippen LogP contribution in [-0.4, -0.2) is 23.6 Å². The topological polar surface area (TPSA) is 51.2 Å². The highest BCUT2D eigenvalue weighted by molar-refractivity contribution is 9.11. The fraction of sp³-hybridized carbons (Fsp3) is 0.667. The molecule has 100 valence electrons. The fourth-order valence-corrected chi connectivity index (χ4v) is 3.57. The van der Waals surface area contributed by atoms with Crippen LogP contribution in [0.3, 0.4) is 0 Å². The first-order chi connectivity index (χ1) is 8.70. The van der Waals surface area contributed by atoms with Gasteiger partial charge in [-0.1, -0.05) is 24.2 Å².